The standard InChI is InChI=1S/C11H10O/c1-8-7-10(9-5-6-9)3-2-4-11(8)12/h2-5,7H,6H2,1H3. The summed E-state index contributed by atoms with van der Waals surface area (Å²) in [6.07, 6.45) is 3.25. The highest BCUT2D eigenvalue weighted by molar-refractivity contribution is 5.77. The molecule has 0 aliphatic heterocycles. The van der Waals surface area contributed by atoms with Gasteiger partial charge in [-0.25, -0.2) is 0 Å². The van der Waals surface area contributed by atoms with E-state index in [-0.39, 0.29) is 5.43 Å². The van der Waals surface area contributed by atoms with Gasteiger partial charge in [0.05, 0.1) is 0 Å². The molecule has 1 heteroatoms. The fraction of sp³-hybridized carbons (Fsp3) is 0.182. The van der Waals surface area contributed by atoms with Crippen molar-refractivity contribution in [1.29, 1.82) is 0 Å². The monoisotopic (exact) mass is 158 g/mol. The van der Waals surface area contributed by atoms with E-state index in [0.29, 0.717) is 0 Å². The lowest BCUT2D eigenvalue weighted by atomic mass is 10.2. The molecule has 0 spiro atoms. The first-order chi connectivity index (χ1) is 5.77. The second-order valence-electron chi connectivity index (χ2n) is 3.11. The molecule has 1 aromatic carbocycles. The summed E-state index contributed by atoms with van der Waals surface area (Å²) in [5, 5.41) is 0. The first-order valence-corrected chi connectivity index (χ1v) is 4.08. The lowest BCUT2D eigenvalue weighted by Gasteiger charge is -1.87. The summed E-state index contributed by atoms with van der Waals surface area (Å²) < 4.78 is 0. The summed E-state index contributed by atoms with van der Waals surface area (Å²) in [5.74, 6) is 0. The van der Waals surface area contributed by atoms with E-state index in [1.165, 1.54) is 11.1 Å². The first kappa shape index (κ1) is 7.29. The van der Waals surface area contributed by atoms with Crippen LogP contribution in [0.4, 0.5) is 0 Å². The molecule has 12 heavy (non-hydrogen) atoms. The average Bonchev–Trinajstić information content (AvgIpc) is 2.82. The van der Waals surface area contributed by atoms with Crippen molar-refractivity contribution >= 4 is 5.57 Å². The number of rotatable bonds is 1. The smallest absolute Gasteiger partial charge is 0.181 e. The molecule has 0 unspecified atom stereocenters. The van der Waals surface area contributed by atoms with Crippen LogP contribution in [-0.4, -0.2) is 0 Å². The summed E-state index contributed by atoms with van der Waals surface area (Å²) in [6, 6.07) is 7.39. The van der Waals surface area contributed by atoms with Crippen LogP contribution >= 0.6 is 0 Å². The maximum absolute atomic E-state index is 11.2. The van der Waals surface area contributed by atoms with E-state index >= 15 is 0 Å². The first-order valence-electron chi connectivity index (χ1n) is 4.08. The topological polar surface area (TPSA) is 17.1 Å². The van der Waals surface area contributed by atoms with Gasteiger partial charge in [0.2, 0.25) is 0 Å². The highest BCUT2D eigenvalue weighted by Gasteiger charge is 2.08. The molecule has 0 saturated heterocycles. The van der Waals surface area contributed by atoms with Gasteiger partial charge in [-0.3, -0.25) is 4.79 Å². The Bertz CT molecular complexity index is 402. The maximum Gasteiger partial charge on any atom is 0.181 e. The number of hydrogen-bond donors (Lipinski definition) is 0. The zero-order valence-electron chi connectivity index (χ0n) is 7.00. The van der Waals surface area contributed by atoms with Crippen molar-refractivity contribution in [3.8, 4) is 0 Å². The van der Waals surface area contributed by atoms with Gasteiger partial charge in [-0.05, 0) is 42.2 Å². The molecule has 1 nitrogen and oxygen atoms in total. The summed E-state index contributed by atoms with van der Waals surface area (Å²) >= 11 is 0. The number of aryl methyl sites for hydroxylation is 1. The predicted molar refractivity (Wildman–Crippen MR) is 50.0 cm³/mol. The summed E-state index contributed by atoms with van der Waals surface area (Å²) in [6.45, 7) is 1.86. The maximum atomic E-state index is 11.2. The third-order valence-electron chi connectivity index (χ3n) is 2.06. The average molecular weight is 158 g/mol. The van der Waals surface area contributed by atoms with Crippen molar-refractivity contribution in [1.82, 2.24) is 0 Å². The van der Waals surface area contributed by atoms with E-state index in [4.69, 9.17) is 0 Å². The van der Waals surface area contributed by atoms with Crippen LogP contribution in [0.25, 0.3) is 5.57 Å². The van der Waals surface area contributed by atoms with Crippen molar-refractivity contribution in [3.05, 3.63) is 51.7 Å². The highest BCUT2D eigenvalue weighted by atomic mass is 16.1. The molecule has 1 aliphatic carbocycles. The molecule has 0 fully saturated rings. The third-order valence-corrected chi connectivity index (χ3v) is 2.06. The molecule has 2 rings (SSSR count). The summed E-state index contributed by atoms with van der Waals surface area (Å²) in [7, 11) is 0. The zero-order chi connectivity index (χ0) is 8.55. The van der Waals surface area contributed by atoms with Gasteiger partial charge in [0.1, 0.15) is 0 Å². The van der Waals surface area contributed by atoms with Gasteiger partial charge in [-0.15, -0.1) is 0 Å². The molecule has 1 aliphatic rings. The molecular weight excluding hydrogens is 148 g/mol. The highest BCUT2D eigenvalue weighted by Crippen LogP contribution is 2.29. The molecule has 0 heterocycles. The Morgan fingerprint density at radius 1 is 1.33 bits per heavy atom. The molecule has 0 N–H and O–H groups in total. The molecule has 0 aromatic heterocycles. The molecule has 0 radical (unpaired) electrons. The molecule has 1 aromatic rings. The van der Waals surface area contributed by atoms with Gasteiger partial charge in [-0.2, -0.15) is 0 Å². The van der Waals surface area contributed by atoms with Crippen LogP contribution in [0.3, 0.4) is 0 Å². The van der Waals surface area contributed by atoms with E-state index in [2.05, 4.69) is 6.08 Å². The van der Waals surface area contributed by atoms with Crippen LogP contribution in [0.2, 0.25) is 0 Å². The van der Waals surface area contributed by atoms with Gasteiger partial charge < -0.3 is 0 Å². The number of allylic oxidation sites excluding steroid dienone is 2. The van der Waals surface area contributed by atoms with Gasteiger partial charge in [0, 0.05) is 0 Å². The Labute approximate surface area is 71.4 Å². The van der Waals surface area contributed by atoms with Crippen molar-refractivity contribution in [2.24, 2.45) is 0 Å². The third kappa shape index (κ3) is 1.30. The predicted octanol–water partition coefficient (Wildman–Crippen LogP) is 2.14. The van der Waals surface area contributed by atoms with E-state index in [1.54, 1.807) is 6.07 Å². The Balaban J connectivity index is 2.61. The molecule has 0 bridgehead atoms. The van der Waals surface area contributed by atoms with Crippen molar-refractivity contribution in [3.63, 3.8) is 0 Å². The normalized spacial score (nSPS) is 13.9. The Kier molecular flexibility index (Phi) is 1.58. The van der Waals surface area contributed by atoms with Crippen molar-refractivity contribution in [2.45, 2.75) is 13.3 Å². The Morgan fingerprint density at radius 3 is 2.75 bits per heavy atom. The quantitative estimate of drug-likeness (QED) is 0.612. The second-order valence-corrected chi connectivity index (χ2v) is 3.11. The molecule has 60 valence electrons. The zero-order valence-corrected chi connectivity index (χ0v) is 7.00. The Morgan fingerprint density at radius 2 is 2.08 bits per heavy atom. The van der Waals surface area contributed by atoms with Crippen molar-refractivity contribution in [2.75, 3.05) is 0 Å². The van der Waals surface area contributed by atoms with Crippen LogP contribution in [0.15, 0.2) is 35.1 Å². The SMILES string of the molecule is Cc1cc(C2=CC2)cccc1=O. The van der Waals surface area contributed by atoms with Crippen LogP contribution in [0.1, 0.15) is 17.5 Å². The van der Waals surface area contributed by atoms with Gasteiger partial charge in [-0.1, -0.05) is 18.2 Å². The van der Waals surface area contributed by atoms with Gasteiger partial charge in [0.25, 0.3) is 0 Å². The van der Waals surface area contributed by atoms with E-state index in [1.807, 2.05) is 25.1 Å². The van der Waals surface area contributed by atoms with Gasteiger partial charge in [0.15, 0.2) is 5.43 Å². The lowest BCUT2D eigenvalue weighted by molar-refractivity contribution is 1.43. The van der Waals surface area contributed by atoms with Crippen LogP contribution < -0.4 is 5.43 Å². The fourth-order valence-corrected chi connectivity index (χ4v) is 1.21. The van der Waals surface area contributed by atoms with Crippen LogP contribution in [0, 0.1) is 6.92 Å². The van der Waals surface area contributed by atoms with Crippen LogP contribution in [-0.2, 0) is 0 Å². The van der Waals surface area contributed by atoms with E-state index in [9.17, 15) is 4.79 Å². The summed E-state index contributed by atoms with van der Waals surface area (Å²) in [5.41, 5.74) is 3.48. The minimum absolute atomic E-state index is 0.113. The molecule has 0 amide bonds. The van der Waals surface area contributed by atoms with Crippen molar-refractivity contribution < 1.29 is 0 Å². The van der Waals surface area contributed by atoms with Crippen LogP contribution in [0.5, 0.6) is 0 Å². The Hall–Kier alpha value is -1.37. The molecule has 0 saturated carbocycles. The molecule has 0 atom stereocenters. The minimum Gasteiger partial charge on any atom is -0.290 e. The molecular formula is C11H10O. The largest absolute Gasteiger partial charge is 0.290 e. The lowest BCUT2D eigenvalue weighted by Crippen LogP contribution is -1.97. The second kappa shape index (κ2) is 2.59. The minimum atomic E-state index is 0.113. The van der Waals surface area contributed by atoms with E-state index in [0.717, 1.165) is 12.0 Å². The number of hydrogen-bond acceptors (Lipinski definition) is 1. The van der Waals surface area contributed by atoms with E-state index < -0.39 is 0 Å². The summed E-state index contributed by atoms with van der Waals surface area (Å²) in [4.78, 5) is 11.2. The van der Waals surface area contributed by atoms with Gasteiger partial charge >= 0.3 is 0 Å². The fourth-order valence-electron chi connectivity index (χ4n) is 1.21.